The minimum Gasteiger partial charge on any atom is -0.491 e. The predicted octanol–water partition coefficient (Wildman–Crippen LogP) is 2.15. The molecule has 1 aromatic heterocycles. The molecule has 8 heteroatoms. The molecule has 0 N–H and O–H groups in total. The van der Waals surface area contributed by atoms with Crippen molar-refractivity contribution in [3.63, 3.8) is 0 Å². The number of ketones is 2. The van der Waals surface area contributed by atoms with Crippen LogP contribution in [-0.4, -0.2) is 77.8 Å². The number of amides is 1. The van der Waals surface area contributed by atoms with Crippen LogP contribution in [0.15, 0.2) is 48.8 Å². The molecule has 0 aliphatic carbocycles. The van der Waals surface area contributed by atoms with E-state index >= 15 is 0 Å². The molecule has 2 aromatic rings. The number of ether oxygens (including phenoxy) is 2. The van der Waals surface area contributed by atoms with Gasteiger partial charge in [0.15, 0.2) is 5.78 Å². The quantitative estimate of drug-likeness (QED) is 0.345. The Kier molecular flexibility index (Phi) is 7.15. The molecule has 2 fully saturated rings. The third kappa shape index (κ3) is 5.12. The van der Waals surface area contributed by atoms with Crippen LogP contribution in [0, 0.1) is 5.92 Å². The highest BCUT2D eigenvalue weighted by Gasteiger charge is 2.51. The first-order valence-electron chi connectivity index (χ1n) is 11.3. The van der Waals surface area contributed by atoms with E-state index in [-0.39, 0.29) is 11.9 Å². The summed E-state index contributed by atoms with van der Waals surface area (Å²) < 4.78 is 11.0. The molecule has 2 aliphatic rings. The summed E-state index contributed by atoms with van der Waals surface area (Å²) >= 11 is 0. The van der Waals surface area contributed by atoms with Crippen molar-refractivity contribution in [3.05, 3.63) is 59.9 Å². The SMILES string of the molecule is CC(C)Oc1ccc(C(=O)C2C(=O)C(=O)N(CCN3CCOCC3)C2c2ccncc2)cc1. The molecule has 2 unspecified atom stereocenters. The molecule has 0 saturated carbocycles. The largest absolute Gasteiger partial charge is 0.491 e. The molecule has 1 amide bonds. The van der Waals surface area contributed by atoms with Gasteiger partial charge in [-0.25, -0.2) is 0 Å². The van der Waals surface area contributed by atoms with Crippen LogP contribution in [0.5, 0.6) is 5.75 Å². The first-order valence-corrected chi connectivity index (χ1v) is 11.3. The van der Waals surface area contributed by atoms with Crippen LogP contribution in [0.2, 0.25) is 0 Å². The zero-order chi connectivity index (χ0) is 23.4. The fourth-order valence-electron chi connectivity index (χ4n) is 4.38. The second kappa shape index (κ2) is 10.2. The van der Waals surface area contributed by atoms with Gasteiger partial charge in [0.05, 0.1) is 25.4 Å². The summed E-state index contributed by atoms with van der Waals surface area (Å²) in [4.78, 5) is 47.4. The van der Waals surface area contributed by atoms with Gasteiger partial charge >= 0.3 is 0 Å². The molecule has 2 atom stereocenters. The zero-order valence-corrected chi connectivity index (χ0v) is 19.0. The number of morpholine rings is 1. The predicted molar refractivity (Wildman–Crippen MR) is 121 cm³/mol. The number of hydrogen-bond acceptors (Lipinski definition) is 7. The number of carbonyl (C=O) groups excluding carboxylic acids is 3. The summed E-state index contributed by atoms with van der Waals surface area (Å²) in [5.41, 5.74) is 1.11. The van der Waals surface area contributed by atoms with Crippen molar-refractivity contribution in [1.29, 1.82) is 0 Å². The number of hydrogen-bond donors (Lipinski definition) is 0. The Morgan fingerprint density at radius 1 is 1.06 bits per heavy atom. The molecular formula is C25H29N3O5. The average Bonchev–Trinajstić information content (AvgIpc) is 3.08. The highest BCUT2D eigenvalue weighted by molar-refractivity contribution is 6.44. The van der Waals surface area contributed by atoms with Gasteiger partial charge in [-0.15, -0.1) is 0 Å². The fraction of sp³-hybridized carbons (Fsp3) is 0.440. The van der Waals surface area contributed by atoms with E-state index in [0.29, 0.717) is 37.6 Å². The topological polar surface area (TPSA) is 89.0 Å². The van der Waals surface area contributed by atoms with Crippen LogP contribution in [-0.2, 0) is 14.3 Å². The Labute approximate surface area is 193 Å². The summed E-state index contributed by atoms with van der Waals surface area (Å²) in [6, 6.07) is 9.59. The van der Waals surface area contributed by atoms with Gasteiger partial charge < -0.3 is 14.4 Å². The Morgan fingerprint density at radius 3 is 2.36 bits per heavy atom. The van der Waals surface area contributed by atoms with Crippen LogP contribution in [0.3, 0.4) is 0 Å². The maximum atomic E-state index is 13.5. The highest BCUT2D eigenvalue weighted by atomic mass is 16.5. The molecule has 4 rings (SSSR count). The lowest BCUT2D eigenvalue weighted by Gasteiger charge is -2.31. The van der Waals surface area contributed by atoms with Crippen LogP contribution < -0.4 is 4.74 Å². The standard InChI is InChI=1S/C25H29N3O5/c1-17(2)33-20-5-3-19(4-6-20)23(29)21-22(18-7-9-26-10-8-18)28(25(31)24(21)30)12-11-27-13-15-32-16-14-27/h3-10,17,21-22H,11-16H2,1-2H3. The van der Waals surface area contributed by atoms with E-state index in [0.717, 1.165) is 18.7 Å². The van der Waals surface area contributed by atoms with Gasteiger partial charge in [-0.3, -0.25) is 24.3 Å². The summed E-state index contributed by atoms with van der Waals surface area (Å²) in [5, 5.41) is 0. The van der Waals surface area contributed by atoms with E-state index < -0.39 is 23.7 Å². The highest BCUT2D eigenvalue weighted by Crippen LogP contribution is 2.38. The summed E-state index contributed by atoms with van der Waals surface area (Å²) in [6.07, 6.45) is 3.24. The van der Waals surface area contributed by atoms with Crippen LogP contribution in [0.1, 0.15) is 35.8 Å². The molecule has 0 bridgehead atoms. The van der Waals surface area contributed by atoms with Crippen molar-refractivity contribution >= 4 is 17.5 Å². The number of carbonyl (C=O) groups is 3. The van der Waals surface area contributed by atoms with Crippen molar-refractivity contribution < 1.29 is 23.9 Å². The molecule has 8 nitrogen and oxygen atoms in total. The smallest absolute Gasteiger partial charge is 0.291 e. The summed E-state index contributed by atoms with van der Waals surface area (Å²) in [6.45, 7) is 7.69. The van der Waals surface area contributed by atoms with E-state index in [1.165, 1.54) is 0 Å². The van der Waals surface area contributed by atoms with E-state index in [4.69, 9.17) is 9.47 Å². The lowest BCUT2D eigenvalue weighted by atomic mass is 9.86. The van der Waals surface area contributed by atoms with Crippen molar-refractivity contribution in [2.45, 2.75) is 26.0 Å². The minimum atomic E-state index is -1.10. The molecule has 3 heterocycles. The lowest BCUT2D eigenvalue weighted by Crippen LogP contribution is -2.42. The number of Topliss-reactive ketones (excluding diaryl/α,β-unsaturated/α-hetero) is 2. The molecule has 2 saturated heterocycles. The Hall–Kier alpha value is -3.10. The molecular weight excluding hydrogens is 422 g/mol. The van der Waals surface area contributed by atoms with E-state index in [1.807, 2.05) is 13.8 Å². The minimum absolute atomic E-state index is 0.0108. The van der Waals surface area contributed by atoms with Crippen LogP contribution >= 0.6 is 0 Å². The number of nitrogens with zero attached hydrogens (tertiary/aromatic N) is 3. The number of likely N-dealkylation sites (tertiary alicyclic amines) is 1. The van der Waals surface area contributed by atoms with Gasteiger partial charge in [-0.1, -0.05) is 0 Å². The first-order chi connectivity index (χ1) is 16.0. The van der Waals surface area contributed by atoms with Crippen molar-refractivity contribution in [2.24, 2.45) is 5.92 Å². The maximum absolute atomic E-state index is 13.5. The molecule has 2 aliphatic heterocycles. The summed E-state index contributed by atoms with van der Waals surface area (Å²) in [7, 11) is 0. The van der Waals surface area contributed by atoms with E-state index in [9.17, 15) is 14.4 Å². The third-order valence-electron chi connectivity index (χ3n) is 6.01. The zero-order valence-electron chi connectivity index (χ0n) is 19.0. The third-order valence-corrected chi connectivity index (χ3v) is 6.01. The van der Waals surface area contributed by atoms with Gasteiger partial charge in [0, 0.05) is 44.1 Å². The number of pyridine rings is 1. The summed E-state index contributed by atoms with van der Waals surface area (Å²) in [5.74, 6) is -2.08. The van der Waals surface area contributed by atoms with Gasteiger partial charge in [0.25, 0.3) is 5.91 Å². The second-order valence-electron chi connectivity index (χ2n) is 8.58. The monoisotopic (exact) mass is 451 g/mol. The van der Waals surface area contributed by atoms with Crippen LogP contribution in [0.4, 0.5) is 0 Å². The lowest BCUT2D eigenvalue weighted by molar-refractivity contribution is -0.141. The van der Waals surface area contributed by atoms with Crippen LogP contribution in [0.25, 0.3) is 0 Å². The molecule has 0 radical (unpaired) electrons. The fourth-order valence-corrected chi connectivity index (χ4v) is 4.38. The Morgan fingerprint density at radius 2 is 1.73 bits per heavy atom. The number of benzene rings is 1. The van der Waals surface area contributed by atoms with E-state index in [1.54, 1.807) is 53.7 Å². The average molecular weight is 452 g/mol. The van der Waals surface area contributed by atoms with Crippen molar-refractivity contribution in [3.8, 4) is 5.75 Å². The van der Waals surface area contributed by atoms with Gasteiger partial charge in [0.2, 0.25) is 5.78 Å². The second-order valence-corrected chi connectivity index (χ2v) is 8.58. The molecule has 174 valence electrons. The Balaban J connectivity index is 1.60. The number of aromatic nitrogens is 1. The molecule has 1 aromatic carbocycles. The van der Waals surface area contributed by atoms with Gasteiger partial charge in [-0.2, -0.15) is 0 Å². The normalized spacial score (nSPS) is 21.6. The van der Waals surface area contributed by atoms with Crippen molar-refractivity contribution in [1.82, 2.24) is 14.8 Å². The molecule has 33 heavy (non-hydrogen) atoms. The maximum Gasteiger partial charge on any atom is 0.291 e. The van der Waals surface area contributed by atoms with E-state index in [2.05, 4.69) is 9.88 Å². The number of rotatable bonds is 8. The Bertz CT molecular complexity index is 987. The van der Waals surface area contributed by atoms with Gasteiger partial charge in [0.1, 0.15) is 11.7 Å². The first kappa shape index (κ1) is 23.1. The molecule has 0 spiro atoms. The van der Waals surface area contributed by atoms with Gasteiger partial charge in [-0.05, 0) is 55.8 Å². The van der Waals surface area contributed by atoms with Crippen molar-refractivity contribution in [2.75, 3.05) is 39.4 Å².